The van der Waals surface area contributed by atoms with Gasteiger partial charge in [0.25, 0.3) is 5.91 Å². The Morgan fingerprint density at radius 1 is 1.38 bits per heavy atom. The molecule has 3 nitrogen and oxygen atoms in total. The summed E-state index contributed by atoms with van der Waals surface area (Å²) in [7, 11) is 0. The zero-order chi connectivity index (χ0) is 11.9. The minimum Gasteiger partial charge on any atom is -0.335 e. The van der Waals surface area contributed by atoms with Crippen LogP contribution in [0.25, 0.3) is 0 Å². The lowest BCUT2D eigenvalue weighted by Gasteiger charge is -2.45. The molecule has 0 aliphatic carbocycles. The number of nitrogens with two attached hydrogens (primary N) is 1. The number of hydrogen-bond donors (Lipinski definition) is 1. The van der Waals surface area contributed by atoms with E-state index in [0.717, 1.165) is 16.7 Å². The maximum atomic E-state index is 12.2. The third-order valence-corrected chi connectivity index (χ3v) is 3.23. The number of benzene rings is 1. The van der Waals surface area contributed by atoms with Crippen molar-refractivity contribution in [1.82, 2.24) is 4.90 Å². The van der Waals surface area contributed by atoms with E-state index in [1.165, 1.54) is 0 Å². The minimum atomic E-state index is -0.201. The predicted molar refractivity (Wildman–Crippen MR) is 64.4 cm³/mol. The largest absolute Gasteiger partial charge is 0.335 e. The van der Waals surface area contributed by atoms with Crippen LogP contribution in [-0.2, 0) is 0 Å². The highest BCUT2D eigenvalue weighted by atomic mass is 16.2. The quantitative estimate of drug-likeness (QED) is 0.776. The zero-order valence-corrected chi connectivity index (χ0v) is 10.1. The van der Waals surface area contributed by atoms with Gasteiger partial charge in [0.15, 0.2) is 0 Å². The van der Waals surface area contributed by atoms with Gasteiger partial charge in [-0.05, 0) is 38.0 Å². The molecule has 0 spiro atoms. The summed E-state index contributed by atoms with van der Waals surface area (Å²) in [5.74, 6) is 0.101. The van der Waals surface area contributed by atoms with Crippen LogP contribution < -0.4 is 5.73 Å². The number of nitrogens with zero attached hydrogens (tertiary/aromatic N) is 1. The molecule has 0 bridgehead atoms. The number of rotatable bonds is 1. The van der Waals surface area contributed by atoms with Crippen LogP contribution in [0.2, 0.25) is 0 Å². The second-order valence-corrected chi connectivity index (χ2v) is 5.06. The topological polar surface area (TPSA) is 46.3 Å². The Morgan fingerprint density at radius 3 is 2.56 bits per heavy atom. The molecule has 1 aliphatic rings. The fourth-order valence-electron chi connectivity index (χ4n) is 2.12. The minimum absolute atomic E-state index is 0.101. The summed E-state index contributed by atoms with van der Waals surface area (Å²) in [5.41, 5.74) is 8.72. The monoisotopic (exact) mass is 218 g/mol. The van der Waals surface area contributed by atoms with E-state index in [0.29, 0.717) is 13.1 Å². The molecule has 1 fully saturated rings. The lowest BCUT2D eigenvalue weighted by Crippen LogP contribution is -2.66. The van der Waals surface area contributed by atoms with Gasteiger partial charge in [-0.1, -0.05) is 12.1 Å². The summed E-state index contributed by atoms with van der Waals surface area (Å²) in [6.07, 6.45) is 0. The van der Waals surface area contributed by atoms with E-state index in [4.69, 9.17) is 5.73 Å². The van der Waals surface area contributed by atoms with Gasteiger partial charge in [-0.3, -0.25) is 4.79 Å². The first-order valence-corrected chi connectivity index (χ1v) is 5.55. The third-order valence-electron chi connectivity index (χ3n) is 3.23. The summed E-state index contributed by atoms with van der Waals surface area (Å²) in [6.45, 7) is 7.29. The van der Waals surface area contributed by atoms with Gasteiger partial charge < -0.3 is 10.6 Å². The normalized spacial score (nSPS) is 18.1. The van der Waals surface area contributed by atoms with Crippen molar-refractivity contribution >= 4 is 5.91 Å². The first-order chi connectivity index (χ1) is 7.41. The molecule has 1 heterocycles. The van der Waals surface area contributed by atoms with E-state index in [-0.39, 0.29) is 11.4 Å². The van der Waals surface area contributed by atoms with E-state index in [9.17, 15) is 4.79 Å². The van der Waals surface area contributed by atoms with Gasteiger partial charge in [0, 0.05) is 24.2 Å². The van der Waals surface area contributed by atoms with Crippen molar-refractivity contribution in [1.29, 1.82) is 0 Å². The molecule has 1 amide bonds. The molecule has 0 aromatic heterocycles. The fraction of sp³-hybridized carbons (Fsp3) is 0.462. The second kappa shape index (κ2) is 3.59. The maximum absolute atomic E-state index is 12.2. The first kappa shape index (κ1) is 11.1. The summed E-state index contributed by atoms with van der Waals surface area (Å²) in [4.78, 5) is 14.0. The van der Waals surface area contributed by atoms with E-state index >= 15 is 0 Å². The van der Waals surface area contributed by atoms with Gasteiger partial charge in [-0.15, -0.1) is 0 Å². The summed E-state index contributed by atoms with van der Waals surface area (Å²) >= 11 is 0. The molecule has 0 unspecified atom stereocenters. The molecular weight excluding hydrogens is 200 g/mol. The molecular formula is C13H18N2O. The van der Waals surface area contributed by atoms with Crippen molar-refractivity contribution in [2.45, 2.75) is 26.3 Å². The summed E-state index contributed by atoms with van der Waals surface area (Å²) < 4.78 is 0. The average molecular weight is 218 g/mol. The van der Waals surface area contributed by atoms with Crippen LogP contribution >= 0.6 is 0 Å². The predicted octanol–water partition coefficient (Wildman–Crippen LogP) is 1.48. The lowest BCUT2D eigenvalue weighted by molar-refractivity contribution is 0.0453. The Kier molecular flexibility index (Phi) is 2.50. The lowest BCUT2D eigenvalue weighted by atomic mass is 9.92. The van der Waals surface area contributed by atoms with Gasteiger partial charge in [0.1, 0.15) is 0 Å². The summed E-state index contributed by atoms with van der Waals surface area (Å²) in [5, 5.41) is 0. The van der Waals surface area contributed by atoms with Crippen LogP contribution in [0.5, 0.6) is 0 Å². The number of carbonyl (C=O) groups excluding carboxylic acids is 1. The van der Waals surface area contributed by atoms with Gasteiger partial charge in [-0.25, -0.2) is 0 Å². The van der Waals surface area contributed by atoms with E-state index in [1.54, 1.807) is 0 Å². The smallest absolute Gasteiger partial charge is 0.254 e. The molecule has 3 heteroatoms. The highest BCUT2D eigenvalue weighted by molar-refractivity contribution is 5.96. The highest BCUT2D eigenvalue weighted by Gasteiger charge is 2.38. The van der Waals surface area contributed by atoms with Gasteiger partial charge in [0.2, 0.25) is 0 Å². The molecule has 0 atom stereocenters. The fourth-order valence-corrected chi connectivity index (χ4v) is 2.12. The first-order valence-electron chi connectivity index (χ1n) is 5.55. The van der Waals surface area contributed by atoms with Crippen LogP contribution in [0.15, 0.2) is 18.2 Å². The Labute approximate surface area is 96.2 Å². The number of likely N-dealkylation sites (tertiary alicyclic amines) is 1. The van der Waals surface area contributed by atoms with Crippen LogP contribution in [-0.4, -0.2) is 29.4 Å². The van der Waals surface area contributed by atoms with Crippen LogP contribution in [0.1, 0.15) is 28.4 Å². The molecule has 1 aromatic carbocycles. The van der Waals surface area contributed by atoms with Crippen LogP contribution in [0.4, 0.5) is 0 Å². The van der Waals surface area contributed by atoms with E-state index in [2.05, 4.69) is 0 Å². The number of carbonyl (C=O) groups is 1. The standard InChI is InChI=1S/C13H18N2O/c1-9-5-4-6-11(10(9)2)12(16)15-7-13(3,14)8-15/h4-6H,7-8,14H2,1-3H3. The Hall–Kier alpha value is -1.35. The molecule has 2 N–H and O–H groups in total. The molecule has 86 valence electrons. The number of hydrogen-bond acceptors (Lipinski definition) is 2. The van der Waals surface area contributed by atoms with Crippen molar-refractivity contribution in [3.8, 4) is 0 Å². The highest BCUT2D eigenvalue weighted by Crippen LogP contribution is 2.22. The molecule has 1 aromatic rings. The van der Waals surface area contributed by atoms with Crippen molar-refractivity contribution in [3.63, 3.8) is 0 Å². The molecule has 0 saturated carbocycles. The van der Waals surface area contributed by atoms with Gasteiger partial charge >= 0.3 is 0 Å². The molecule has 2 rings (SSSR count). The molecule has 0 radical (unpaired) electrons. The van der Waals surface area contributed by atoms with Crippen molar-refractivity contribution in [3.05, 3.63) is 34.9 Å². The zero-order valence-electron chi connectivity index (χ0n) is 10.1. The van der Waals surface area contributed by atoms with E-state index < -0.39 is 0 Å². The van der Waals surface area contributed by atoms with Crippen LogP contribution in [0.3, 0.4) is 0 Å². The van der Waals surface area contributed by atoms with Crippen LogP contribution in [0, 0.1) is 13.8 Å². The number of amides is 1. The van der Waals surface area contributed by atoms with Gasteiger partial charge in [-0.2, -0.15) is 0 Å². The Balaban J connectivity index is 2.20. The van der Waals surface area contributed by atoms with Crippen molar-refractivity contribution < 1.29 is 4.79 Å². The molecule has 1 aliphatic heterocycles. The average Bonchev–Trinajstić information content (AvgIpc) is 2.17. The van der Waals surface area contributed by atoms with E-state index in [1.807, 2.05) is 43.9 Å². The third kappa shape index (κ3) is 1.83. The Morgan fingerprint density at radius 2 is 2.00 bits per heavy atom. The molecule has 1 saturated heterocycles. The summed E-state index contributed by atoms with van der Waals surface area (Å²) in [6, 6.07) is 5.84. The van der Waals surface area contributed by atoms with Crippen molar-refractivity contribution in [2.24, 2.45) is 5.73 Å². The number of aryl methyl sites for hydroxylation is 1. The SMILES string of the molecule is Cc1cccc(C(=O)N2CC(C)(N)C2)c1C. The molecule has 16 heavy (non-hydrogen) atoms. The van der Waals surface area contributed by atoms with Gasteiger partial charge in [0.05, 0.1) is 0 Å². The maximum Gasteiger partial charge on any atom is 0.254 e. The second-order valence-electron chi connectivity index (χ2n) is 5.06. The Bertz CT molecular complexity index is 430. The van der Waals surface area contributed by atoms with Crippen molar-refractivity contribution in [2.75, 3.05) is 13.1 Å².